The quantitative estimate of drug-likeness (QED) is 0.824. The molecule has 2 saturated heterocycles. The Balaban J connectivity index is 1.68. The number of anilines is 1. The van der Waals surface area contributed by atoms with E-state index >= 15 is 0 Å². The van der Waals surface area contributed by atoms with E-state index in [0.717, 1.165) is 31.7 Å². The standard InChI is InChI=1S/C14H20N4O2/c15-13(19)17-7-4-14(5-8-17)11-18(9-10-20-14)12-3-1-2-6-16-12/h1-3,6H,4-5,7-11H2,(H2,15,19). The molecule has 3 heterocycles. The number of amides is 2. The summed E-state index contributed by atoms with van der Waals surface area (Å²) in [7, 11) is 0. The maximum absolute atomic E-state index is 11.2. The molecular weight excluding hydrogens is 256 g/mol. The SMILES string of the molecule is NC(=O)N1CCC2(CC1)CN(c1ccccn1)CCO2. The van der Waals surface area contributed by atoms with Gasteiger partial charge in [-0.25, -0.2) is 9.78 Å². The van der Waals surface area contributed by atoms with E-state index in [-0.39, 0.29) is 11.6 Å². The van der Waals surface area contributed by atoms with Crippen LogP contribution in [0.4, 0.5) is 10.6 Å². The molecule has 2 N–H and O–H groups in total. The van der Waals surface area contributed by atoms with Gasteiger partial charge in [0, 0.05) is 32.4 Å². The van der Waals surface area contributed by atoms with Crippen molar-refractivity contribution < 1.29 is 9.53 Å². The summed E-state index contributed by atoms with van der Waals surface area (Å²) in [6.45, 7) is 3.73. The van der Waals surface area contributed by atoms with Gasteiger partial charge in [0.1, 0.15) is 5.82 Å². The van der Waals surface area contributed by atoms with Crippen LogP contribution in [0.2, 0.25) is 0 Å². The number of pyridine rings is 1. The summed E-state index contributed by atoms with van der Waals surface area (Å²) in [5, 5.41) is 0. The molecule has 2 amide bonds. The van der Waals surface area contributed by atoms with Crippen LogP contribution in [-0.2, 0) is 4.74 Å². The van der Waals surface area contributed by atoms with Gasteiger partial charge < -0.3 is 20.3 Å². The zero-order valence-corrected chi connectivity index (χ0v) is 11.5. The molecule has 0 aliphatic carbocycles. The van der Waals surface area contributed by atoms with E-state index in [2.05, 4.69) is 9.88 Å². The molecule has 108 valence electrons. The number of piperidine rings is 1. The third-order valence-electron chi connectivity index (χ3n) is 4.21. The Labute approximate surface area is 118 Å². The van der Waals surface area contributed by atoms with Crippen LogP contribution in [0.15, 0.2) is 24.4 Å². The van der Waals surface area contributed by atoms with Gasteiger partial charge >= 0.3 is 6.03 Å². The number of nitrogens with two attached hydrogens (primary N) is 1. The average molecular weight is 276 g/mol. The average Bonchev–Trinajstić information content (AvgIpc) is 2.49. The Morgan fingerprint density at radius 2 is 2.10 bits per heavy atom. The maximum Gasteiger partial charge on any atom is 0.314 e. The maximum atomic E-state index is 11.2. The fourth-order valence-corrected chi connectivity index (χ4v) is 3.02. The first-order valence-electron chi connectivity index (χ1n) is 7.03. The van der Waals surface area contributed by atoms with Crippen molar-refractivity contribution in [3.8, 4) is 0 Å². The van der Waals surface area contributed by atoms with Gasteiger partial charge in [-0.15, -0.1) is 0 Å². The number of nitrogens with zero attached hydrogens (tertiary/aromatic N) is 3. The van der Waals surface area contributed by atoms with Gasteiger partial charge in [-0.05, 0) is 25.0 Å². The zero-order valence-electron chi connectivity index (χ0n) is 11.5. The first-order chi connectivity index (χ1) is 9.69. The van der Waals surface area contributed by atoms with Crippen LogP contribution in [0, 0.1) is 0 Å². The minimum absolute atomic E-state index is 0.165. The molecule has 20 heavy (non-hydrogen) atoms. The summed E-state index contributed by atoms with van der Waals surface area (Å²) in [5.74, 6) is 0.993. The van der Waals surface area contributed by atoms with Gasteiger partial charge in [-0.1, -0.05) is 6.07 Å². The highest BCUT2D eigenvalue weighted by Gasteiger charge is 2.40. The molecule has 1 aromatic rings. The van der Waals surface area contributed by atoms with E-state index in [1.807, 2.05) is 24.4 Å². The van der Waals surface area contributed by atoms with Gasteiger partial charge in [0.25, 0.3) is 0 Å². The first kappa shape index (κ1) is 13.2. The van der Waals surface area contributed by atoms with Crippen LogP contribution >= 0.6 is 0 Å². The number of hydrogen-bond donors (Lipinski definition) is 1. The Morgan fingerprint density at radius 1 is 1.30 bits per heavy atom. The third-order valence-corrected chi connectivity index (χ3v) is 4.21. The minimum atomic E-state index is -0.336. The van der Waals surface area contributed by atoms with Crippen LogP contribution in [0.3, 0.4) is 0 Å². The normalized spacial score (nSPS) is 22.0. The summed E-state index contributed by atoms with van der Waals surface area (Å²) in [6.07, 6.45) is 3.48. The van der Waals surface area contributed by atoms with Crippen molar-refractivity contribution in [2.45, 2.75) is 18.4 Å². The second-order valence-electron chi connectivity index (χ2n) is 5.47. The summed E-state index contributed by atoms with van der Waals surface area (Å²) in [6, 6.07) is 5.61. The highest BCUT2D eigenvalue weighted by Crippen LogP contribution is 2.31. The Kier molecular flexibility index (Phi) is 3.48. The number of morpholine rings is 1. The molecule has 0 bridgehead atoms. The van der Waals surface area contributed by atoms with Crippen molar-refractivity contribution in [3.63, 3.8) is 0 Å². The van der Waals surface area contributed by atoms with Crippen molar-refractivity contribution >= 4 is 11.8 Å². The largest absolute Gasteiger partial charge is 0.371 e. The number of urea groups is 1. The lowest BCUT2D eigenvalue weighted by Crippen LogP contribution is -2.58. The van der Waals surface area contributed by atoms with Gasteiger partial charge in [0.05, 0.1) is 12.2 Å². The number of aromatic nitrogens is 1. The molecule has 0 saturated carbocycles. The molecule has 0 unspecified atom stereocenters. The van der Waals surface area contributed by atoms with Crippen LogP contribution in [0.1, 0.15) is 12.8 Å². The van der Waals surface area contributed by atoms with Crippen molar-refractivity contribution in [3.05, 3.63) is 24.4 Å². The first-order valence-corrected chi connectivity index (χ1v) is 7.03. The molecule has 6 nitrogen and oxygen atoms in total. The number of likely N-dealkylation sites (tertiary alicyclic amines) is 1. The fraction of sp³-hybridized carbons (Fsp3) is 0.571. The summed E-state index contributed by atoms with van der Waals surface area (Å²) in [5.41, 5.74) is 5.16. The van der Waals surface area contributed by atoms with Crippen molar-refractivity contribution in [1.82, 2.24) is 9.88 Å². The third kappa shape index (κ3) is 2.56. The Hall–Kier alpha value is -1.82. The number of ether oxygens (including phenoxy) is 1. The number of carbonyl (C=O) groups is 1. The van der Waals surface area contributed by atoms with E-state index in [0.29, 0.717) is 19.7 Å². The molecule has 3 rings (SSSR count). The van der Waals surface area contributed by atoms with Crippen LogP contribution in [-0.4, -0.2) is 54.3 Å². The highest BCUT2D eigenvalue weighted by molar-refractivity contribution is 5.72. The van der Waals surface area contributed by atoms with Gasteiger partial charge in [-0.3, -0.25) is 0 Å². The Morgan fingerprint density at radius 3 is 2.75 bits per heavy atom. The summed E-state index contributed by atoms with van der Waals surface area (Å²) >= 11 is 0. The topological polar surface area (TPSA) is 71.7 Å². The number of primary amides is 1. The lowest BCUT2D eigenvalue weighted by molar-refractivity contribution is -0.0857. The molecule has 2 fully saturated rings. The van der Waals surface area contributed by atoms with Crippen LogP contribution in [0.25, 0.3) is 0 Å². The van der Waals surface area contributed by atoms with Gasteiger partial charge in [0.15, 0.2) is 0 Å². The van der Waals surface area contributed by atoms with Crippen molar-refractivity contribution in [2.75, 3.05) is 37.7 Å². The molecule has 0 radical (unpaired) electrons. The number of carbonyl (C=O) groups excluding carboxylic acids is 1. The van der Waals surface area contributed by atoms with Gasteiger partial charge in [0.2, 0.25) is 0 Å². The lowest BCUT2D eigenvalue weighted by Gasteiger charge is -2.47. The number of hydrogen-bond acceptors (Lipinski definition) is 4. The fourth-order valence-electron chi connectivity index (χ4n) is 3.02. The molecule has 0 aromatic carbocycles. The van der Waals surface area contributed by atoms with E-state index in [1.165, 1.54) is 0 Å². The Bertz CT molecular complexity index is 471. The molecular formula is C14H20N4O2. The predicted octanol–water partition coefficient (Wildman–Crippen LogP) is 0.831. The zero-order chi connectivity index (χ0) is 14.0. The second-order valence-corrected chi connectivity index (χ2v) is 5.47. The van der Waals surface area contributed by atoms with E-state index in [1.54, 1.807) is 4.90 Å². The minimum Gasteiger partial charge on any atom is -0.371 e. The smallest absolute Gasteiger partial charge is 0.314 e. The lowest BCUT2D eigenvalue weighted by atomic mass is 9.89. The molecule has 6 heteroatoms. The van der Waals surface area contributed by atoms with E-state index < -0.39 is 0 Å². The molecule has 1 spiro atoms. The van der Waals surface area contributed by atoms with Crippen molar-refractivity contribution in [1.29, 1.82) is 0 Å². The van der Waals surface area contributed by atoms with E-state index in [9.17, 15) is 4.79 Å². The van der Waals surface area contributed by atoms with E-state index in [4.69, 9.17) is 10.5 Å². The molecule has 1 aromatic heterocycles. The van der Waals surface area contributed by atoms with Crippen LogP contribution in [0.5, 0.6) is 0 Å². The molecule has 0 atom stereocenters. The number of rotatable bonds is 1. The second kappa shape index (κ2) is 5.28. The van der Waals surface area contributed by atoms with Crippen molar-refractivity contribution in [2.24, 2.45) is 5.73 Å². The monoisotopic (exact) mass is 276 g/mol. The molecule has 2 aliphatic rings. The molecule has 2 aliphatic heterocycles. The summed E-state index contributed by atoms with van der Waals surface area (Å²) < 4.78 is 6.04. The van der Waals surface area contributed by atoms with Crippen LogP contribution < -0.4 is 10.6 Å². The summed E-state index contributed by atoms with van der Waals surface area (Å²) in [4.78, 5) is 19.6. The van der Waals surface area contributed by atoms with Gasteiger partial charge in [-0.2, -0.15) is 0 Å². The highest BCUT2D eigenvalue weighted by atomic mass is 16.5. The predicted molar refractivity (Wildman–Crippen MR) is 75.5 cm³/mol.